The van der Waals surface area contributed by atoms with Crippen molar-refractivity contribution in [3.63, 3.8) is 0 Å². The Morgan fingerprint density at radius 2 is 2.33 bits per heavy atom. The number of hydrogen-bond acceptors (Lipinski definition) is 3. The maximum atomic E-state index is 12.6. The monoisotopic (exact) mass is 247 g/mol. The third kappa shape index (κ3) is 2.53. The molecular weight excluding hydrogens is 226 g/mol. The van der Waals surface area contributed by atoms with Crippen LogP contribution in [0.2, 0.25) is 0 Å². The van der Waals surface area contributed by atoms with Crippen LogP contribution in [-0.4, -0.2) is 34.4 Å². The molecule has 4 nitrogen and oxygen atoms in total. The Hall–Kier alpha value is -1.42. The average Bonchev–Trinajstić information content (AvgIpc) is 2.37. The molecule has 1 aliphatic rings. The zero-order chi connectivity index (χ0) is 13.1. The van der Waals surface area contributed by atoms with Gasteiger partial charge in [-0.1, -0.05) is 0 Å². The van der Waals surface area contributed by atoms with Crippen LogP contribution in [0.3, 0.4) is 0 Å². The lowest BCUT2D eigenvalue weighted by molar-refractivity contribution is 0.0494. The topological polar surface area (TPSA) is 59.2 Å². The van der Waals surface area contributed by atoms with Crippen LogP contribution in [0.5, 0.6) is 0 Å². The molecular formula is C14H21N3O. The molecule has 0 aromatic carbocycles. The summed E-state index contributed by atoms with van der Waals surface area (Å²) < 4.78 is 0. The number of carbonyl (C=O) groups is 1. The van der Waals surface area contributed by atoms with Crippen LogP contribution in [0.25, 0.3) is 0 Å². The van der Waals surface area contributed by atoms with E-state index in [1.54, 1.807) is 12.3 Å². The number of likely N-dealkylation sites (tertiary alicyclic amines) is 1. The van der Waals surface area contributed by atoms with E-state index >= 15 is 0 Å². The van der Waals surface area contributed by atoms with E-state index in [4.69, 9.17) is 5.73 Å². The van der Waals surface area contributed by atoms with E-state index in [1.165, 1.54) is 0 Å². The van der Waals surface area contributed by atoms with Gasteiger partial charge in [-0.05, 0) is 45.2 Å². The molecule has 2 rings (SSSR count). The summed E-state index contributed by atoms with van der Waals surface area (Å²) in [5.41, 5.74) is 7.38. The van der Waals surface area contributed by atoms with Gasteiger partial charge in [-0.25, -0.2) is 0 Å². The normalized spacial score (nSPS) is 24.1. The van der Waals surface area contributed by atoms with Gasteiger partial charge in [-0.15, -0.1) is 0 Å². The molecule has 4 heteroatoms. The van der Waals surface area contributed by atoms with Crippen LogP contribution in [-0.2, 0) is 0 Å². The molecule has 0 saturated carbocycles. The molecule has 1 fully saturated rings. The van der Waals surface area contributed by atoms with E-state index in [0.29, 0.717) is 6.54 Å². The van der Waals surface area contributed by atoms with Gasteiger partial charge >= 0.3 is 0 Å². The van der Waals surface area contributed by atoms with Crippen molar-refractivity contribution in [2.75, 3.05) is 6.54 Å². The van der Waals surface area contributed by atoms with E-state index < -0.39 is 0 Å². The van der Waals surface area contributed by atoms with Gasteiger partial charge in [0, 0.05) is 36.1 Å². The Morgan fingerprint density at radius 3 is 3.00 bits per heavy atom. The van der Waals surface area contributed by atoms with Crippen molar-refractivity contribution in [3.05, 3.63) is 29.6 Å². The first-order chi connectivity index (χ1) is 8.63. The van der Waals surface area contributed by atoms with Crippen molar-refractivity contribution in [2.24, 2.45) is 5.73 Å². The SMILES string of the molecule is Cc1cc(C(=O)N2C(C)CCCC2CN)ccn1. The quantitative estimate of drug-likeness (QED) is 0.866. The minimum atomic E-state index is 0.0863. The van der Waals surface area contributed by atoms with Crippen LogP contribution < -0.4 is 5.73 Å². The van der Waals surface area contributed by atoms with Crippen molar-refractivity contribution in [1.82, 2.24) is 9.88 Å². The molecule has 18 heavy (non-hydrogen) atoms. The summed E-state index contributed by atoms with van der Waals surface area (Å²) in [7, 11) is 0. The highest BCUT2D eigenvalue weighted by molar-refractivity contribution is 5.94. The minimum absolute atomic E-state index is 0.0863. The number of pyridine rings is 1. The molecule has 1 aliphatic heterocycles. The lowest BCUT2D eigenvalue weighted by Crippen LogP contribution is -2.51. The van der Waals surface area contributed by atoms with Gasteiger partial charge in [0.25, 0.3) is 5.91 Å². The lowest BCUT2D eigenvalue weighted by atomic mass is 9.95. The number of aryl methyl sites for hydroxylation is 1. The number of hydrogen-bond donors (Lipinski definition) is 1. The fraction of sp³-hybridized carbons (Fsp3) is 0.571. The Balaban J connectivity index is 2.25. The van der Waals surface area contributed by atoms with E-state index in [0.717, 1.165) is 30.5 Å². The first kappa shape index (κ1) is 13.0. The van der Waals surface area contributed by atoms with Crippen LogP contribution in [0.15, 0.2) is 18.3 Å². The van der Waals surface area contributed by atoms with Crippen LogP contribution in [0.4, 0.5) is 0 Å². The predicted molar refractivity (Wildman–Crippen MR) is 71.3 cm³/mol. The van der Waals surface area contributed by atoms with E-state index in [1.807, 2.05) is 17.9 Å². The van der Waals surface area contributed by atoms with Crippen molar-refractivity contribution in [2.45, 2.75) is 45.2 Å². The van der Waals surface area contributed by atoms with Crippen LogP contribution >= 0.6 is 0 Å². The van der Waals surface area contributed by atoms with Gasteiger partial charge in [-0.3, -0.25) is 9.78 Å². The highest BCUT2D eigenvalue weighted by Crippen LogP contribution is 2.24. The predicted octanol–water partition coefficient (Wildman–Crippen LogP) is 1.73. The van der Waals surface area contributed by atoms with Gasteiger partial charge < -0.3 is 10.6 Å². The molecule has 0 bridgehead atoms. The average molecular weight is 247 g/mol. The molecule has 1 saturated heterocycles. The number of aromatic nitrogens is 1. The molecule has 1 amide bonds. The standard InChI is InChI=1S/C14H21N3O/c1-10-8-12(6-7-16-10)14(18)17-11(2)4-3-5-13(17)9-15/h6-8,11,13H,3-5,9,15H2,1-2H3. The highest BCUT2D eigenvalue weighted by atomic mass is 16.2. The third-order valence-corrected chi connectivity index (χ3v) is 3.68. The second-order valence-electron chi connectivity index (χ2n) is 5.07. The summed E-state index contributed by atoms with van der Waals surface area (Å²) in [4.78, 5) is 18.7. The van der Waals surface area contributed by atoms with Crippen LogP contribution in [0.1, 0.15) is 42.2 Å². The number of nitrogens with two attached hydrogens (primary N) is 1. The Bertz CT molecular complexity index is 433. The smallest absolute Gasteiger partial charge is 0.254 e. The van der Waals surface area contributed by atoms with Crippen molar-refractivity contribution in [1.29, 1.82) is 0 Å². The fourth-order valence-corrected chi connectivity index (χ4v) is 2.71. The van der Waals surface area contributed by atoms with E-state index in [9.17, 15) is 4.79 Å². The summed E-state index contributed by atoms with van der Waals surface area (Å²) in [6.45, 7) is 4.55. The molecule has 0 radical (unpaired) electrons. The number of nitrogens with zero attached hydrogens (tertiary/aromatic N) is 2. The molecule has 2 heterocycles. The first-order valence-corrected chi connectivity index (χ1v) is 6.59. The molecule has 1 aromatic rings. The van der Waals surface area contributed by atoms with Crippen molar-refractivity contribution >= 4 is 5.91 Å². The number of carbonyl (C=O) groups excluding carboxylic acids is 1. The number of piperidine rings is 1. The molecule has 0 spiro atoms. The summed E-state index contributed by atoms with van der Waals surface area (Å²) in [6.07, 6.45) is 4.92. The van der Waals surface area contributed by atoms with Gasteiger partial charge in [-0.2, -0.15) is 0 Å². The second-order valence-corrected chi connectivity index (χ2v) is 5.07. The molecule has 2 atom stereocenters. The first-order valence-electron chi connectivity index (χ1n) is 6.59. The summed E-state index contributed by atoms with van der Waals surface area (Å²) in [5.74, 6) is 0.0863. The van der Waals surface area contributed by atoms with E-state index in [2.05, 4.69) is 11.9 Å². The Morgan fingerprint density at radius 1 is 1.56 bits per heavy atom. The van der Waals surface area contributed by atoms with Gasteiger partial charge in [0.15, 0.2) is 0 Å². The molecule has 2 N–H and O–H groups in total. The molecule has 2 unspecified atom stereocenters. The molecule has 1 aromatic heterocycles. The lowest BCUT2D eigenvalue weighted by Gasteiger charge is -2.40. The fourth-order valence-electron chi connectivity index (χ4n) is 2.71. The second kappa shape index (κ2) is 5.48. The van der Waals surface area contributed by atoms with Gasteiger partial charge in [0.05, 0.1) is 0 Å². The van der Waals surface area contributed by atoms with Gasteiger partial charge in [0.2, 0.25) is 0 Å². The number of amides is 1. The maximum Gasteiger partial charge on any atom is 0.254 e. The third-order valence-electron chi connectivity index (χ3n) is 3.68. The minimum Gasteiger partial charge on any atom is -0.332 e. The molecule has 0 aliphatic carbocycles. The summed E-state index contributed by atoms with van der Waals surface area (Å²) in [5, 5.41) is 0. The van der Waals surface area contributed by atoms with Crippen molar-refractivity contribution in [3.8, 4) is 0 Å². The Labute approximate surface area is 108 Å². The van der Waals surface area contributed by atoms with Crippen LogP contribution in [0, 0.1) is 6.92 Å². The molecule has 98 valence electrons. The number of rotatable bonds is 2. The Kier molecular flexibility index (Phi) is 3.97. The zero-order valence-electron chi connectivity index (χ0n) is 11.1. The summed E-state index contributed by atoms with van der Waals surface area (Å²) >= 11 is 0. The summed E-state index contributed by atoms with van der Waals surface area (Å²) in [6, 6.07) is 4.07. The highest BCUT2D eigenvalue weighted by Gasteiger charge is 2.31. The zero-order valence-corrected chi connectivity index (χ0v) is 11.1. The van der Waals surface area contributed by atoms with Gasteiger partial charge in [0.1, 0.15) is 0 Å². The van der Waals surface area contributed by atoms with Crippen molar-refractivity contribution < 1.29 is 4.79 Å². The largest absolute Gasteiger partial charge is 0.332 e. The van der Waals surface area contributed by atoms with E-state index in [-0.39, 0.29) is 18.0 Å². The maximum absolute atomic E-state index is 12.6.